The molecule has 1 unspecified atom stereocenters. The van der Waals surface area contributed by atoms with E-state index in [0.29, 0.717) is 29.5 Å². The number of benzene rings is 1. The van der Waals surface area contributed by atoms with Crippen LogP contribution in [-0.2, 0) is 9.53 Å². The van der Waals surface area contributed by atoms with Crippen LogP contribution in [-0.4, -0.2) is 24.7 Å². The lowest BCUT2D eigenvalue weighted by Gasteiger charge is -2.32. The summed E-state index contributed by atoms with van der Waals surface area (Å²) in [6, 6.07) is 6.49. The Balaban J connectivity index is 2.53. The van der Waals surface area contributed by atoms with Crippen molar-refractivity contribution < 1.29 is 19.1 Å². The van der Waals surface area contributed by atoms with E-state index in [-0.39, 0.29) is 18.1 Å². The number of urea groups is 1. The molecule has 0 spiro atoms. The van der Waals surface area contributed by atoms with Gasteiger partial charge in [-0.05, 0) is 31.7 Å². The number of hydrogen-bond acceptors (Lipinski definition) is 4. The summed E-state index contributed by atoms with van der Waals surface area (Å²) in [6.07, 6.45) is -0.260. The van der Waals surface area contributed by atoms with Gasteiger partial charge in [-0.25, -0.2) is 9.59 Å². The Hall–Kier alpha value is -2.50. The number of amides is 2. The van der Waals surface area contributed by atoms with Crippen molar-refractivity contribution in [2.24, 2.45) is 11.8 Å². The van der Waals surface area contributed by atoms with E-state index < -0.39 is 12.0 Å². The van der Waals surface area contributed by atoms with Crippen molar-refractivity contribution in [2.45, 2.75) is 53.7 Å². The van der Waals surface area contributed by atoms with Crippen LogP contribution < -0.4 is 15.4 Å². The highest BCUT2D eigenvalue weighted by Gasteiger charge is 2.36. The van der Waals surface area contributed by atoms with Crippen molar-refractivity contribution in [1.82, 2.24) is 10.6 Å². The van der Waals surface area contributed by atoms with E-state index in [4.69, 9.17) is 9.47 Å². The van der Waals surface area contributed by atoms with Crippen LogP contribution >= 0.6 is 0 Å². The molecular weight excluding hydrogens is 344 g/mol. The van der Waals surface area contributed by atoms with Gasteiger partial charge < -0.3 is 20.1 Å². The van der Waals surface area contributed by atoms with Crippen molar-refractivity contribution in [2.75, 3.05) is 6.61 Å². The van der Waals surface area contributed by atoms with Crippen LogP contribution in [0.4, 0.5) is 4.79 Å². The zero-order valence-corrected chi connectivity index (χ0v) is 17.0. The average Bonchev–Trinajstić information content (AvgIpc) is 2.58. The van der Waals surface area contributed by atoms with Crippen molar-refractivity contribution in [3.05, 3.63) is 41.1 Å². The van der Waals surface area contributed by atoms with Crippen LogP contribution in [0.2, 0.25) is 0 Å². The predicted molar refractivity (Wildman–Crippen MR) is 104 cm³/mol. The van der Waals surface area contributed by atoms with Crippen molar-refractivity contribution in [3.8, 4) is 5.75 Å². The van der Waals surface area contributed by atoms with Crippen molar-refractivity contribution in [3.63, 3.8) is 0 Å². The minimum Gasteiger partial charge on any atom is -0.493 e. The fourth-order valence-electron chi connectivity index (χ4n) is 2.89. The van der Waals surface area contributed by atoms with Crippen molar-refractivity contribution in [1.29, 1.82) is 0 Å². The van der Waals surface area contributed by atoms with Gasteiger partial charge in [0, 0.05) is 11.3 Å². The third kappa shape index (κ3) is 5.25. The van der Waals surface area contributed by atoms with E-state index in [1.807, 2.05) is 38.1 Å². The van der Waals surface area contributed by atoms with Gasteiger partial charge in [-0.3, -0.25) is 0 Å². The molecule has 27 heavy (non-hydrogen) atoms. The van der Waals surface area contributed by atoms with Crippen LogP contribution in [0.25, 0.3) is 0 Å². The Morgan fingerprint density at radius 2 is 1.78 bits per heavy atom. The number of esters is 1. The Kier molecular flexibility index (Phi) is 6.88. The molecule has 1 aliphatic heterocycles. The number of carbonyl (C=O) groups is 2. The Morgan fingerprint density at radius 1 is 1.11 bits per heavy atom. The summed E-state index contributed by atoms with van der Waals surface area (Å²) in [4.78, 5) is 25.2. The van der Waals surface area contributed by atoms with Crippen LogP contribution in [0, 0.1) is 11.8 Å². The lowest BCUT2D eigenvalue weighted by molar-refractivity contribution is -0.143. The summed E-state index contributed by atoms with van der Waals surface area (Å²) >= 11 is 0. The standard InChI is InChI=1S/C21H30N2O4/c1-12(2)11-26-16-10-8-7-9-15(16)19-17(20(24)27-14(5)6)18(13(3)4)22-21(25)23-19/h7-10,12-14,19H,11H2,1-6H3,(H2,22,23,25). The van der Waals surface area contributed by atoms with Gasteiger partial charge in [0.25, 0.3) is 0 Å². The topological polar surface area (TPSA) is 76.7 Å². The largest absolute Gasteiger partial charge is 0.493 e. The molecule has 1 aromatic carbocycles. The molecule has 0 saturated carbocycles. The number of rotatable bonds is 7. The molecule has 148 valence electrons. The lowest BCUT2D eigenvalue weighted by Crippen LogP contribution is -2.47. The maximum Gasteiger partial charge on any atom is 0.338 e. The summed E-state index contributed by atoms with van der Waals surface area (Å²) in [7, 11) is 0. The van der Waals surface area contributed by atoms with Gasteiger partial charge in [0.2, 0.25) is 0 Å². The second kappa shape index (κ2) is 8.93. The minimum atomic E-state index is -0.634. The normalized spacial score (nSPS) is 17.2. The fourth-order valence-corrected chi connectivity index (χ4v) is 2.89. The summed E-state index contributed by atoms with van der Waals surface area (Å²) in [6.45, 7) is 12.1. The second-order valence-corrected chi connectivity index (χ2v) is 7.71. The highest BCUT2D eigenvalue weighted by atomic mass is 16.5. The number of para-hydroxylation sites is 1. The van der Waals surface area contributed by atoms with Gasteiger partial charge >= 0.3 is 12.0 Å². The molecule has 0 fully saturated rings. The Labute approximate surface area is 161 Å². The molecule has 1 atom stereocenters. The summed E-state index contributed by atoms with van der Waals surface area (Å²) < 4.78 is 11.4. The summed E-state index contributed by atoms with van der Waals surface area (Å²) in [5.74, 6) is 0.519. The molecule has 0 bridgehead atoms. The van der Waals surface area contributed by atoms with Crippen molar-refractivity contribution >= 4 is 12.0 Å². The molecular formula is C21H30N2O4. The van der Waals surface area contributed by atoms with Gasteiger partial charge in [0.1, 0.15) is 5.75 Å². The molecule has 0 radical (unpaired) electrons. The van der Waals surface area contributed by atoms with Crippen LogP contribution in [0.15, 0.2) is 35.5 Å². The first-order valence-corrected chi connectivity index (χ1v) is 9.45. The first-order chi connectivity index (χ1) is 12.7. The molecule has 1 heterocycles. The zero-order valence-electron chi connectivity index (χ0n) is 17.0. The number of hydrogen-bond donors (Lipinski definition) is 2. The summed E-state index contributed by atoms with van der Waals surface area (Å²) in [5.41, 5.74) is 1.73. The van der Waals surface area contributed by atoms with Crippen LogP contribution in [0.3, 0.4) is 0 Å². The molecule has 1 aliphatic rings. The SMILES string of the molecule is CC(C)COc1ccccc1C1NC(=O)NC(C(C)C)=C1C(=O)OC(C)C. The number of allylic oxidation sites excluding steroid dienone is 1. The molecule has 2 N–H and O–H groups in total. The smallest absolute Gasteiger partial charge is 0.338 e. The lowest BCUT2D eigenvalue weighted by atomic mass is 9.91. The monoisotopic (exact) mass is 374 g/mol. The number of carbonyl (C=O) groups excluding carboxylic acids is 2. The number of nitrogens with one attached hydrogen (secondary N) is 2. The van der Waals surface area contributed by atoms with E-state index in [1.165, 1.54) is 0 Å². The quantitative estimate of drug-likeness (QED) is 0.709. The Morgan fingerprint density at radius 3 is 2.37 bits per heavy atom. The molecule has 2 amide bonds. The van der Waals surface area contributed by atoms with E-state index >= 15 is 0 Å². The molecule has 1 aromatic rings. The van der Waals surface area contributed by atoms with E-state index in [0.717, 1.165) is 5.56 Å². The highest BCUT2D eigenvalue weighted by Crippen LogP contribution is 2.35. The molecule has 0 saturated heterocycles. The maximum atomic E-state index is 12.9. The zero-order chi connectivity index (χ0) is 20.1. The minimum absolute atomic E-state index is 0.0444. The van der Waals surface area contributed by atoms with Gasteiger partial charge in [0.15, 0.2) is 0 Å². The summed E-state index contributed by atoms with van der Waals surface area (Å²) in [5, 5.41) is 5.64. The second-order valence-electron chi connectivity index (χ2n) is 7.71. The van der Waals surface area contributed by atoms with Crippen LogP contribution in [0.5, 0.6) is 5.75 Å². The molecule has 0 aromatic heterocycles. The number of ether oxygens (including phenoxy) is 2. The fraction of sp³-hybridized carbons (Fsp3) is 0.524. The van der Waals surface area contributed by atoms with E-state index in [9.17, 15) is 9.59 Å². The maximum absolute atomic E-state index is 12.9. The first kappa shape index (κ1) is 20.8. The van der Waals surface area contributed by atoms with Gasteiger partial charge in [-0.2, -0.15) is 0 Å². The molecule has 6 nitrogen and oxygen atoms in total. The van der Waals surface area contributed by atoms with Gasteiger partial charge in [-0.1, -0.05) is 45.9 Å². The Bertz CT molecular complexity index is 723. The molecule has 6 heteroatoms. The van der Waals surface area contributed by atoms with E-state index in [2.05, 4.69) is 24.5 Å². The first-order valence-electron chi connectivity index (χ1n) is 9.45. The third-order valence-electron chi connectivity index (χ3n) is 4.04. The average molecular weight is 374 g/mol. The van der Waals surface area contributed by atoms with Crippen LogP contribution in [0.1, 0.15) is 53.1 Å². The third-order valence-corrected chi connectivity index (χ3v) is 4.04. The van der Waals surface area contributed by atoms with Gasteiger partial charge in [0.05, 0.1) is 24.3 Å². The predicted octanol–water partition coefficient (Wildman–Crippen LogP) is 3.94. The van der Waals surface area contributed by atoms with E-state index in [1.54, 1.807) is 13.8 Å². The van der Waals surface area contributed by atoms with Gasteiger partial charge in [-0.15, -0.1) is 0 Å². The molecule has 0 aliphatic carbocycles. The molecule has 2 rings (SSSR count). The highest BCUT2D eigenvalue weighted by molar-refractivity contribution is 5.95.